The third-order valence-corrected chi connectivity index (χ3v) is 17.7. The molecule has 3 N–H and O–H groups in total. The SMILES string of the molecule is CCCCCCCCCCCCCCCCCCCCCC(=O)OCCCCCCCCCCCCCCCCCCCCCCCCCCC(=O)NC(CO)C(O)CCCCCCCCCCCCCCCCCCCCC. The van der Waals surface area contributed by atoms with Crippen LogP contribution in [0, 0.1) is 0 Å². The molecule has 1 amide bonds. The summed E-state index contributed by atoms with van der Waals surface area (Å²) in [4.78, 5) is 24.7. The molecule has 0 aromatic heterocycles. The molecule has 0 aliphatic carbocycles. The zero-order chi connectivity index (χ0) is 57.1. The normalized spacial score (nSPS) is 12.4. The number of esters is 1. The van der Waals surface area contributed by atoms with Gasteiger partial charge in [-0.05, 0) is 25.7 Å². The number of amides is 1. The van der Waals surface area contributed by atoms with Crippen LogP contribution in [0.4, 0.5) is 0 Å². The molecule has 472 valence electrons. The van der Waals surface area contributed by atoms with Gasteiger partial charge in [0, 0.05) is 12.8 Å². The molecule has 0 rings (SSSR count). The number of aliphatic hydroxyl groups is 2. The summed E-state index contributed by atoms with van der Waals surface area (Å²) >= 11 is 0. The number of carbonyl (C=O) groups is 2. The monoisotopic (exact) mass is 1120 g/mol. The lowest BCUT2D eigenvalue weighted by molar-refractivity contribution is -0.143. The van der Waals surface area contributed by atoms with E-state index in [1.54, 1.807) is 0 Å². The second-order valence-corrected chi connectivity index (χ2v) is 25.6. The molecule has 0 fully saturated rings. The van der Waals surface area contributed by atoms with E-state index in [1.165, 1.54) is 360 Å². The van der Waals surface area contributed by atoms with E-state index < -0.39 is 12.1 Å². The molecule has 6 nitrogen and oxygen atoms in total. The molecule has 0 radical (unpaired) electrons. The summed E-state index contributed by atoms with van der Waals surface area (Å²) in [6.45, 7) is 5.01. The van der Waals surface area contributed by atoms with Gasteiger partial charge in [0.15, 0.2) is 0 Å². The number of rotatable bonds is 70. The number of aliphatic hydroxyl groups excluding tert-OH is 2. The minimum atomic E-state index is -0.663. The number of carbonyl (C=O) groups excluding carboxylic acids is 2. The molecule has 0 saturated heterocycles. The van der Waals surface area contributed by atoms with Crippen molar-refractivity contribution in [3.8, 4) is 0 Å². The molecular weight excluding hydrogens is 971 g/mol. The Kier molecular flexibility index (Phi) is 68.4. The summed E-state index contributed by atoms with van der Waals surface area (Å²) in [7, 11) is 0. The third-order valence-electron chi connectivity index (χ3n) is 17.7. The van der Waals surface area contributed by atoms with Gasteiger partial charge in [-0.1, -0.05) is 393 Å². The van der Waals surface area contributed by atoms with Crippen molar-refractivity contribution in [1.82, 2.24) is 5.32 Å². The van der Waals surface area contributed by atoms with E-state index in [-0.39, 0.29) is 18.5 Å². The van der Waals surface area contributed by atoms with E-state index in [4.69, 9.17) is 4.74 Å². The minimum absolute atomic E-state index is 0.0219. The van der Waals surface area contributed by atoms with Crippen molar-refractivity contribution < 1.29 is 24.5 Å². The Morgan fingerprint density at radius 3 is 0.772 bits per heavy atom. The van der Waals surface area contributed by atoms with Gasteiger partial charge in [-0.25, -0.2) is 0 Å². The fourth-order valence-corrected chi connectivity index (χ4v) is 12.1. The average Bonchev–Trinajstić information content (AvgIpc) is 3.45. The van der Waals surface area contributed by atoms with Crippen molar-refractivity contribution in [2.24, 2.45) is 0 Å². The summed E-state index contributed by atoms with van der Waals surface area (Å²) in [5.74, 6) is -0.00663. The van der Waals surface area contributed by atoms with Crippen LogP contribution in [-0.4, -0.2) is 47.4 Å². The van der Waals surface area contributed by atoms with Crippen molar-refractivity contribution in [2.75, 3.05) is 13.2 Å². The van der Waals surface area contributed by atoms with Gasteiger partial charge in [0.2, 0.25) is 5.91 Å². The van der Waals surface area contributed by atoms with Gasteiger partial charge in [0.25, 0.3) is 0 Å². The molecule has 0 bridgehead atoms. The molecular formula is C73H145NO5. The van der Waals surface area contributed by atoms with Gasteiger partial charge in [-0.15, -0.1) is 0 Å². The lowest BCUT2D eigenvalue weighted by atomic mass is 10.0. The number of ether oxygens (including phenoxy) is 1. The fraction of sp³-hybridized carbons (Fsp3) is 0.973. The molecule has 79 heavy (non-hydrogen) atoms. The van der Waals surface area contributed by atoms with Crippen LogP contribution in [0.2, 0.25) is 0 Å². The molecule has 0 aliphatic rings. The van der Waals surface area contributed by atoms with E-state index in [1.807, 2.05) is 0 Å². The van der Waals surface area contributed by atoms with E-state index in [0.717, 1.165) is 38.5 Å². The average molecular weight is 1120 g/mol. The Morgan fingerprint density at radius 2 is 0.519 bits per heavy atom. The lowest BCUT2D eigenvalue weighted by Crippen LogP contribution is -2.45. The van der Waals surface area contributed by atoms with E-state index in [9.17, 15) is 19.8 Å². The molecule has 0 saturated carbocycles. The summed E-state index contributed by atoms with van der Waals surface area (Å²) in [5.41, 5.74) is 0. The lowest BCUT2D eigenvalue weighted by Gasteiger charge is -2.22. The Morgan fingerprint density at radius 1 is 0.304 bits per heavy atom. The Labute approximate surface area is 496 Å². The predicted octanol–water partition coefficient (Wildman–Crippen LogP) is 23.8. The van der Waals surface area contributed by atoms with E-state index in [2.05, 4.69) is 19.2 Å². The highest BCUT2D eigenvalue weighted by Gasteiger charge is 2.20. The number of hydrogen-bond acceptors (Lipinski definition) is 5. The van der Waals surface area contributed by atoms with Crippen LogP contribution >= 0.6 is 0 Å². The van der Waals surface area contributed by atoms with Crippen LogP contribution < -0.4 is 5.32 Å². The molecule has 0 heterocycles. The van der Waals surface area contributed by atoms with Crippen LogP contribution in [0.5, 0.6) is 0 Å². The first-order valence-electron chi connectivity index (χ1n) is 36.8. The van der Waals surface area contributed by atoms with Crippen molar-refractivity contribution in [2.45, 2.75) is 443 Å². The zero-order valence-corrected chi connectivity index (χ0v) is 54.2. The van der Waals surface area contributed by atoms with Crippen LogP contribution in [0.25, 0.3) is 0 Å². The van der Waals surface area contributed by atoms with Crippen molar-refractivity contribution in [1.29, 1.82) is 0 Å². The van der Waals surface area contributed by atoms with E-state index >= 15 is 0 Å². The first-order chi connectivity index (χ1) is 39.0. The highest BCUT2D eigenvalue weighted by atomic mass is 16.5. The number of unbranched alkanes of at least 4 members (excludes halogenated alkanes) is 59. The third kappa shape index (κ3) is 65.9. The van der Waals surface area contributed by atoms with Crippen LogP contribution in [0.15, 0.2) is 0 Å². The summed E-state index contributed by atoms with van der Waals surface area (Å²) in [6.07, 6.45) is 84.4. The fourth-order valence-electron chi connectivity index (χ4n) is 12.1. The molecule has 6 heteroatoms. The summed E-state index contributed by atoms with van der Waals surface area (Å²) in [5, 5.41) is 23.4. The Bertz CT molecular complexity index is 1150. The quantitative estimate of drug-likeness (QED) is 0.0417. The second kappa shape index (κ2) is 69.4. The zero-order valence-electron chi connectivity index (χ0n) is 54.2. The second-order valence-electron chi connectivity index (χ2n) is 25.6. The summed E-state index contributed by atoms with van der Waals surface area (Å²) < 4.78 is 5.52. The van der Waals surface area contributed by atoms with Crippen molar-refractivity contribution >= 4 is 11.9 Å². The predicted molar refractivity (Wildman–Crippen MR) is 347 cm³/mol. The van der Waals surface area contributed by atoms with Gasteiger partial charge < -0.3 is 20.3 Å². The largest absolute Gasteiger partial charge is 0.466 e. The Balaban J connectivity index is 3.33. The smallest absolute Gasteiger partial charge is 0.305 e. The molecule has 0 aromatic rings. The van der Waals surface area contributed by atoms with Gasteiger partial charge >= 0.3 is 5.97 Å². The van der Waals surface area contributed by atoms with Crippen LogP contribution in [-0.2, 0) is 14.3 Å². The minimum Gasteiger partial charge on any atom is -0.466 e. The van der Waals surface area contributed by atoms with Crippen LogP contribution in [0.3, 0.4) is 0 Å². The Hall–Kier alpha value is -1.14. The highest BCUT2D eigenvalue weighted by Crippen LogP contribution is 2.20. The maximum absolute atomic E-state index is 12.5. The molecule has 2 unspecified atom stereocenters. The molecule has 2 atom stereocenters. The van der Waals surface area contributed by atoms with Gasteiger partial charge in [0.1, 0.15) is 0 Å². The maximum Gasteiger partial charge on any atom is 0.305 e. The highest BCUT2D eigenvalue weighted by molar-refractivity contribution is 5.76. The van der Waals surface area contributed by atoms with Gasteiger partial charge in [0.05, 0.1) is 25.4 Å². The topological polar surface area (TPSA) is 95.9 Å². The maximum atomic E-state index is 12.5. The first kappa shape index (κ1) is 77.9. The van der Waals surface area contributed by atoms with E-state index in [0.29, 0.717) is 25.9 Å². The molecule has 0 aromatic carbocycles. The first-order valence-corrected chi connectivity index (χ1v) is 36.8. The van der Waals surface area contributed by atoms with Gasteiger partial charge in [-0.3, -0.25) is 9.59 Å². The van der Waals surface area contributed by atoms with Crippen molar-refractivity contribution in [3.05, 3.63) is 0 Å². The van der Waals surface area contributed by atoms with Gasteiger partial charge in [-0.2, -0.15) is 0 Å². The van der Waals surface area contributed by atoms with Crippen molar-refractivity contribution in [3.63, 3.8) is 0 Å². The molecule has 0 aliphatic heterocycles. The van der Waals surface area contributed by atoms with Crippen LogP contribution in [0.1, 0.15) is 431 Å². The number of hydrogen-bond donors (Lipinski definition) is 3. The molecule has 0 spiro atoms. The standard InChI is InChI=1S/C73H145NO5/c1-3-5-7-9-11-13-15-17-19-21-29-33-37-41-45-49-53-57-61-65-71(76)70(69-75)74-72(77)66-62-58-54-50-46-42-38-34-31-27-25-23-24-26-28-32-36-40-44-48-52-56-60-64-68-79-73(78)67-63-59-55-51-47-43-39-35-30-22-20-18-16-14-12-10-8-6-4-2/h70-71,75-76H,3-69H2,1-2H3,(H,74,77). The number of nitrogens with one attached hydrogen (secondary N) is 1. The summed E-state index contributed by atoms with van der Waals surface area (Å²) in [6, 6.07) is -0.540.